The summed E-state index contributed by atoms with van der Waals surface area (Å²) in [5, 5.41) is 0. The van der Waals surface area contributed by atoms with Crippen molar-refractivity contribution in [1.29, 1.82) is 0 Å². The minimum absolute atomic E-state index is 0.208. The van der Waals surface area contributed by atoms with E-state index in [0.717, 1.165) is 24.3 Å². The van der Waals surface area contributed by atoms with Crippen molar-refractivity contribution in [3.8, 4) is 16.9 Å². The maximum atomic E-state index is 13.6. The highest BCUT2D eigenvalue weighted by atomic mass is 19.4. The summed E-state index contributed by atoms with van der Waals surface area (Å²) in [5.74, 6) is -2.52. The molecule has 22 heavy (non-hydrogen) atoms. The van der Waals surface area contributed by atoms with Crippen molar-refractivity contribution in [2.75, 3.05) is 0 Å². The van der Waals surface area contributed by atoms with Gasteiger partial charge in [-0.2, -0.15) is 13.2 Å². The van der Waals surface area contributed by atoms with E-state index in [0.29, 0.717) is 12.1 Å². The maximum absolute atomic E-state index is 13.6. The third kappa shape index (κ3) is 3.69. The van der Waals surface area contributed by atoms with Gasteiger partial charge in [-0.3, -0.25) is 0 Å². The summed E-state index contributed by atoms with van der Waals surface area (Å²) in [4.78, 5) is 0. The van der Waals surface area contributed by atoms with Crippen LogP contribution < -0.4 is 4.74 Å². The van der Waals surface area contributed by atoms with Crippen molar-refractivity contribution in [3.63, 3.8) is 0 Å². The molecule has 0 aromatic heterocycles. The number of ether oxygens (including phenoxy) is 1. The fraction of sp³-hybridized carbons (Fsp3) is 0.143. The smallest absolute Gasteiger partial charge is 0.403 e. The van der Waals surface area contributed by atoms with Crippen LogP contribution >= 0.6 is 0 Å². The Kier molecular flexibility index (Phi) is 4.04. The normalized spacial score (nSPS) is 12.3. The van der Waals surface area contributed by atoms with Gasteiger partial charge in [-0.05, 0) is 29.3 Å². The zero-order valence-electron chi connectivity index (χ0n) is 10.6. The zero-order valence-corrected chi connectivity index (χ0v) is 10.6. The molecule has 0 spiro atoms. The molecule has 1 nitrogen and oxygen atoms in total. The minimum Gasteiger partial charge on any atom is -0.403 e. The summed E-state index contributed by atoms with van der Waals surface area (Å²) < 4.78 is 91.7. The van der Waals surface area contributed by atoms with Gasteiger partial charge in [0.15, 0.2) is 11.6 Å². The number of hydrogen-bond acceptors (Lipinski definition) is 1. The molecule has 118 valence electrons. The standard InChI is InChI=1S/C14H7F7O/c15-11-7-8(5-6-12(11)22-14(19,20)21)9-3-1-2-4-10(9)13(16,17)18/h1-7H. The highest BCUT2D eigenvalue weighted by molar-refractivity contribution is 5.68. The summed E-state index contributed by atoms with van der Waals surface area (Å²) in [7, 11) is 0. The summed E-state index contributed by atoms with van der Waals surface area (Å²) >= 11 is 0. The molecule has 0 radical (unpaired) electrons. The van der Waals surface area contributed by atoms with Gasteiger partial charge in [0.25, 0.3) is 0 Å². The molecule has 0 N–H and O–H groups in total. The molecule has 2 aromatic rings. The molecule has 0 unspecified atom stereocenters. The van der Waals surface area contributed by atoms with E-state index in [2.05, 4.69) is 4.74 Å². The Morgan fingerprint density at radius 1 is 0.818 bits per heavy atom. The minimum atomic E-state index is -5.09. The SMILES string of the molecule is Fc1cc(-c2ccccc2C(F)(F)F)ccc1OC(F)(F)F. The average Bonchev–Trinajstić information content (AvgIpc) is 2.39. The predicted molar refractivity (Wildman–Crippen MR) is 63.5 cm³/mol. The van der Waals surface area contributed by atoms with E-state index < -0.39 is 29.7 Å². The monoisotopic (exact) mass is 324 g/mol. The highest BCUT2D eigenvalue weighted by Crippen LogP contribution is 2.38. The van der Waals surface area contributed by atoms with E-state index in [-0.39, 0.29) is 11.1 Å². The van der Waals surface area contributed by atoms with E-state index in [4.69, 9.17) is 0 Å². The third-order valence-corrected chi connectivity index (χ3v) is 2.70. The molecule has 0 amide bonds. The molecule has 2 rings (SSSR count). The Hall–Kier alpha value is -2.25. The van der Waals surface area contributed by atoms with Crippen molar-refractivity contribution >= 4 is 0 Å². The first-order chi connectivity index (χ1) is 10.1. The van der Waals surface area contributed by atoms with Crippen LogP contribution in [-0.2, 0) is 6.18 Å². The quantitative estimate of drug-likeness (QED) is 0.671. The number of rotatable bonds is 2. The first-order valence-corrected chi connectivity index (χ1v) is 5.80. The molecule has 0 aliphatic heterocycles. The Labute approximate surface area is 119 Å². The second kappa shape index (κ2) is 5.51. The van der Waals surface area contributed by atoms with Gasteiger partial charge >= 0.3 is 12.5 Å². The van der Waals surface area contributed by atoms with Crippen LogP contribution in [0.15, 0.2) is 42.5 Å². The molecule has 0 aliphatic rings. The summed E-state index contributed by atoms with van der Waals surface area (Å²) in [6, 6.07) is 6.48. The maximum Gasteiger partial charge on any atom is 0.573 e. The van der Waals surface area contributed by atoms with Crippen molar-refractivity contribution in [2.24, 2.45) is 0 Å². The van der Waals surface area contributed by atoms with E-state index in [1.54, 1.807) is 0 Å². The first kappa shape index (κ1) is 16.1. The van der Waals surface area contributed by atoms with E-state index >= 15 is 0 Å². The Morgan fingerprint density at radius 3 is 2.00 bits per heavy atom. The Bertz CT molecular complexity index is 674. The topological polar surface area (TPSA) is 9.23 Å². The second-order valence-corrected chi connectivity index (χ2v) is 4.24. The number of halogens is 7. The van der Waals surface area contributed by atoms with Crippen molar-refractivity contribution in [2.45, 2.75) is 12.5 Å². The fourth-order valence-electron chi connectivity index (χ4n) is 1.86. The zero-order chi connectivity index (χ0) is 16.5. The average molecular weight is 324 g/mol. The van der Waals surface area contributed by atoms with Gasteiger partial charge in [0.1, 0.15) is 0 Å². The van der Waals surface area contributed by atoms with Crippen molar-refractivity contribution in [3.05, 3.63) is 53.8 Å². The van der Waals surface area contributed by atoms with Crippen LogP contribution in [0.4, 0.5) is 30.7 Å². The third-order valence-electron chi connectivity index (χ3n) is 2.70. The van der Waals surface area contributed by atoms with E-state index in [1.165, 1.54) is 6.07 Å². The molecule has 0 atom stereocenters. The van der Waals surface area contributed by atoms with Gasteiger partial charge < -0.3 is 4.74 Å². The van der Waals surface area contributed by atoms with E-state index in [1.807, 2.05) is 0 Å². The summed E-state index contributed by atoms with van der Waals surface area (Å²) in [5.41, 5.74) is -1.56. The molecule has 0 aliphatic carbocycles. The lowest BCUT2D eigenvalue weighted by atomic mass is 9.99. The fourth-order valence-corrected chi connectivity index (χ4v) is 1.86. The van der Waals surface area contributed by atoms with Crippen LogP contribution in [0.3, 0.4) is 0 Å². The predicted octanol–water partition coefficient (Wildman–Crippen LogP) is 5.41. The van der Waals surface area contributed by atoms with Crippen LogP contribution in [-0.4, -0.2) is 6.36 Å². The number of benzene rings is 2. The van der Waals surface area contributed by atoms with E-state index in [9.17, 15) is 30.7 Å². The molecule has 0 fully saturated rings. The molecular formula is C14H7F7O. The number of alkyl halides is 6. The molecule has 0 saturated heterocycles. The highest BCUT2D eigenvalue weighted by Gasteiger charge is 2.34. The van der Waals surface area contributed by atoms with Crippen molar-refractivity contribution in [1.82, 2.24) is 0 Å². The first-order valence-electron chi connectivity index (χ1n) is 5.80. The summed E-state index contributed by atoms with van der Waals surface area (Å²) in [6.45, 7) is 0. The van der Waals surface area contributed by atoms with Gasteiger partial charge in [-0.25, -0.2) is 4.39 Å². The lowest BCUT2D eigenvalue weighted by molar-refractivity contribution is -0.275. The van der Waals surface area contributed by atoms with Crippen LogP contribution in [0.2, 0.25) is 0 Å². The molecular weight excluding hydrogens is 317 g/mol. The summed E-state index contributed by atoms with van der Waals surface area (Å²) in [6.07, 6.45) is -9.76. The van der Waals surface area contributed by atoms with Crippen LogP contribution in [0.25, 0.3) is 11.1 Å². The molecule has 0 heterocycles. The lowest BCUT2D eigenvalue weighted by Crippen LogP contribution is -2.18. The van der Waals surface area contributed by atoms with Gasteiger partial charge in [-0.15, -0.1) is 13.2 Å². The van der Waals surface area contributed by atoms with Crippen molar-refractivity contribution < 1.29 is 35.5 Å². The number of hydrogen-bond donors (Lipinski definition) is 0. The van der Waals surface area contributed by atoms with Crippen LogP contribution in [0, 0.1) is 5.82 Å². The van der Waals surface area contributed by atoms with Gasteiger partial charge in [0.05, 0.1) is 5.56 Å². The second-order valence-electron chi connectivity index (χ2n) is 4.24. The molecule has 0 bridgehead atoms. The lowest BCUT2D eigenvalue weighted by Gasteiger charge is -2.14. The van der Waals surface area contributed by atoms with Crippen LogP contribution in [0.1, 0.15) is 5.56 Å². The molecule has 2 aromatic carbocycles. The van der Waals surface area contributed by atoms with Gasteiger partial charge in [0, 0.05) is 0 Å². The van der Waals surface area contributed by atoms with Gasteiger partial charge in [-0.1, -0.05) is 24.3 Å². The Balaban J connectivity index is 2.46. The largest absolute Gasteiger partial charge is 0.573 e. The molecule has 8 heteroatoms. The molecule has 0 saturated carbocycles. The van der Waals surface area contributed by atoms with Gasteiger partial charge in [0.2, 0.25) is 0 Å². The Morgan fingerprint density at radius 2 is 1.45 bits per heavy atom. The van der Waals surface area contributed by atoms with Crippen LogP contribution in [0.5, 0.6) is 5.75 Å².